The lowest BCUT2D eigenvalue weighted by Crippen LogP contribution is -2.25. The van der Waals surface area contributed by atoms with E-state index in [4.69, 9.17) is 5.11 Å². The summed E-state index contributed by atoms with van der Waals surface area (Å²) < 4.78 is 0. The first-order valence-electron chi connectivity index (χ1n) is 6.26. The number of anilines is 1. The molecule has 2 aliphatic rings. The molecular formula is C13H18N2O2. The van der Waals surface area contributed by atoms with Crippen molar-refractivity contribution in [2.24, 2.45) is 11.8 Å². The lowest BCUT2D eigenvalue weighted by Gasteiger charge is -2.19. The van der Waals surface area contributed by atoms with Gasteiger partial charge in [0.15, 0.2) is 0 Å². The molecule has 1 aliphatic heterocycles. The summed E-state index contributed by atoms with van der Waals surface area (Å²) in [6.45, 7) is 1.94. The quantitative estimate of drug-likeness (QED) is 0.794. The van der Waals surface area contributed by atoms with Gasteiger partial charge in [0, 0.05) is 25.2 Å². The van der Waals surface area contributed by atoms with Crippen molar-refractivity contribution >= 4 is 5.82 Å². The normalized spacial score (nSPS) is 31.9. The molecule has 1 saturated carbocycles. The molecule has 3 rings (SSSR count). The second-order valence-electron chi connectivity index (χ2n) is 5.15. The van der Waals surface area contributed by atoms with Crippen molar-refractivity contribution < 1.29 is 10.2 Å². The second kappa shape index (κ2) is 4.27. The van der Waals surface area contributed by atoms with Crippen LogP contribution in [-0.2, 0) is 6.61 Å². The molecule has 1 aromatic heterocycles. The van der Waals surface area contributed by atoms with Crippen LogP contribution >= 0.6 is 0 Å². The van der Waals surface area contributed by atoms with E-state index < -0.39 is 0 Å². The lowest BCUT2D eigenvalue weighted by molar-refractivity contribution is 0.133. The maximum absolute atomic E-state index is 9.88. The van der Waals surface area contributed by atoms with Crippen LogP contribution in [0.3, 0.4) is 0 Å². The highest BCUT2D eigenvalue weighted by molar-refractivity contribution is 5.42. The van der Waals surface area contributed by atoms with Crippen LogP contribution < -0.4 is 4.90 Å². The maximum atomic E-state index is 9.88. The molecule has 92 valence electrons. The number of aliphatic hydroxyl groups excluding tert-OH is 2. The van der Waals surface area contributed by atoms with Crippen LogP contribution in [0.15, 0.2) is 18.3 Å². The Hall–Kier alpha value is -1.13. The molecule has 3 atom stereocenters. The summed E-state index contributed by atoms with van der Waals surface area (Å²) in [4.78, 5) is 6.59. The average Bonchev–Trinajstić information content (AvgIpc) is 2.92. The number of aromatic nitrogens is 1. The summed E-state index contributed by atoms with van der Waals surface area (Å²) in [6.07, 6.45) is 3.69. The highest BCUT2D eigenvalue weighted by atomic mass is 16.3. The fourth-order valence-electron chi connectivity index (χ4n) is 3.16. The molecule has 2 N–H and O–H groups in total. The number of fused-ring (bicyclic) bond motifs is 1. The van der Waals surface area contributed by atoms with Crippen LogP contribution in [0, 0.1) is 11.8 Å². The van der Waals surface area contributed by atoms with Crippen molar-refractivity contribution in [1.82, 2.24) is 4.98 Å². The Morgan fingerprint density at radius 1 is 1.35 bits per heavy atom. The lowest BCUT2D eigenvalue weighted by atomic mass is 10.00. The number of hydrogen-bond acceptors (Lipinski definition) is 4. The van der Waals surface area contributed by atoms with Gasteiger partial charge in [-0.05, 0) is 36.5 Å². The van der Waals surface area contributed by atoms with E-state index in [2.05, 4.69) is 9.88 Å². The zero-order chi connectivity index (χ0) is 11.8. The van der Waals surface area contributed by atoms with Gasteiger partial charge in [-0.25, -0.2) is 4.98 Å². The molecular weight excluding hydrogens is 216 g/mol. The zero-order valence-corrected chi connectivity index (χ0v) is 9.79. The van der Waals surface area contributed by atoms with E-state index in [1.54, 1.807) is 6.20 Å². The first kappa shape index (κ1) is 11.0. The van der Waals surface area contributed by atoms with Crippen LogP contribution in [0.5, 0.6) is 0 Å². The Labute approximate surface area is 101 Å². The van der Waals surface area contributed by atoms with Crippen LogP contribution in [0.1, 0.15) is 18.4 Å². The van der Waals surface area contributed by atoms with Crippen LogP contribution in [-0.4, -0.2) is 34.4 Å². The van der Waals surface area contributed by atoms with Crippen LogP contribution in [0.2, 0.25) is 0 Å². The van der Waals surface area contributed by atoms with Gasteiger partial charge in [-0.2, -0.15) is 0 Å². The number of pyridine rings is 1. The first-order valence-corrected chi connectivity index (χ1v) is 6.26. The predicted molar refractivity (Wildman–Crippen MR) is 64.6 cm³/mol. The standard InChI is InChI=1S/C13H18N2O2/c16-8-9-3-4-14-13(5-9)15-6-10-1-2-12(17)11(10)7-15/h3-5,10-12,16-17H,1-2,6-8H2. The van der Waals surface area contributed by atoms with Gasteiger partial charge in [0.05, 0.1) is 12.7 Å². The van der Waals surface area contributed by atoms with E-state index in [-0.39, 0.29) is 12.7 Å². The van der Waals surface area contributed by atoms with Crippen molar-refractivity contribution in [3.8, 4) is 0 Å². The number of rotatable bonds is 2. The number of nitrogens with zero attached hydrogens (tertiary/aromatic N) is 2. The van der Waals surface area contributed by atoms with Crippen molar-refractivity contribution in [3.05, 3.63) is 23.9 Å². The first-order chi connectivity index (χ1) is 8.28. The monoisotopic (exact) mass is 234 g/mol. The highest BCUT2D eigenvalue weighted by Gasteiger charge is 2.42. The fourth-order valence-corrected chi connectivity index (χ4v) is 3.16. The van der Waals surface area contributed by atoms with Gasteiger partial charge in [-0.3, -0.25) is 0 Å². The highest BCUT2D eigenvalue weighted by Crippen LogP contribution is 2.39. The summed E-state index contributed by atoms with van der Waals surface area (Å²) in [5.41, 5.74) is 0.896. The minimum atomic E-state index is -0.133. The number of hydrogen-bond donors (Lipinski definition) is 2. The molecule has 0 spiro atoms. The molecule has 4 heteroatoms. The predicted octanol–water partition coefficient (Wildman–Crippen LogP) is 0.781. The Balaban J connectivity index is 1.78. The van der Waals surface area contributed by atoms with E-state index >= 15 is 0 Å². The molecule has 1 aromatic rings. The van der Waals surface area contributed by atoms with E-state index in [0.29, 0.717) is 11.8 Å². The van der Waals surface area contributed by atoms with Gasteiger partial charge in [0.2, 0.25) is 0 Å². The summed E-state index contributed by atoms with van der Waals surface area (Å²) >= 11 is 0. The largest absolute Gasteiger partial charge is 0.393 e. The number of aliphatic hydroxyl groups is 2. The molecule has 0 amide bonds. The van der Waals surface area contributed by atoms with Gasteiger partial charge in [0.1, 0.15) is 5.82 Å². The Kier molecular flexibility index (Phi) is 2.76. The minimum absolute atomic E-state index is 0.0544. The van der Waals surface area contributed by atoms with Gasteiger partial charge in [0.25, 0.3) is 0 Å². The Morgan fingerprint density at radius 2 is 2.24 bits per heavy atom. The smallest absolute Gasteiger partial charge is 0.128 e. The molecule has 1 saturated heterocycles. The minimum Gasteiger partial charge on any atom is -0.393 e. The third-order valence-electron chi connectivity index (χ3n) is 4.14. The van der Waals surface area contributed by atoms with Crippen LogP contribution in [0.4, 0.5) is 5.82 Å². The van der Waals surface area contributed by atoms with Gasteiger partial charge in [-0.15, -0.1) is 0 Å². The van der Waals surface area contributed by atoms with Crippen molar-refractivity contribution in [2.45, 2.75) is 25.6 Å². The van der Waals surface area contributed by atoms with E-state index in [0.717, 1.165) is 37.3 Å². The van der Waals surface area contributed by atoms with Gasteiger partial charge >= 0.3 is 0 Å². The summed E-state index contributed by atoms with van der Waals surface area (Å²) in [5.74, 6) is 1.96. The van der Waals surface area contributed by atoms with Crippen molar-refractivity contribution in [2.75, 3.05) is 18.0 Å². The second-order valence-corrected chi connectivity index (χ2v) is 5.15. The zero-order valence-electron chi connectivity index (χ0n) is 9.79. The van der Waals surface area contributed by atoms with Crippen molar-refractivity contribution in [1.29, 1.82) is 0 Å². The molecule has 0 bridgehead atoms. The fraction of sp³-hybridized carbons (Fsp3) is 0.615. The summed E-state index contributed by atoms with van der Waals surface area (Å²) in [7, 11) is 0. The van der Waals surface area contributed by atoms with Crippen LogP contribution in [0.25, 0.3) is 0 Å². The maximum Gasteiger partial charge on any atom is 0.128 e. The average molecular weight is 234 g/mol. The molecule has 4 nitrogen and oxygen atoms in total. The third kappa shape index (κ3) is 1.91. The molecule has 0 radical (unpaired) electrons. The summed E-state index contributed by atoms with van der Waals surface area (Å²) in [6, 6.07) is 3.77. The topological polar surface area (TPSA) is 56.6 Å². The molecule has 17 heavy (non-hydrogen) atoms. The van der Waals surface area contributed by atoms with E-state index in [1.807, 2.05) is 12.1 Å². The molecule has 2 fully saturated rings. The molecule has 2 heterocycles. The molecule has 3 unspecified atom stereocenters. The SMILES string of the molecule is OCc1ccnc(N2CC3CCC(O)C3C2)c1. The Bertz CT molecular complexity index is 410. The summed E-state index contributed by atoms with van der Waals surface area (Å²) in [5, 5.41) is 19.0. The van der Waals surface area contributed by atoms with E-state index in [1.165, 1.54) is 0 Å². The third-order valence-corrected chi connectivity index (χ3v) is 4.14. The molecule has 0 aromatic carbocycles. The Morgan fingerprint density at radius 3 is 3.00 bits per heavy atom. The van der Waals surface area contributed by atoms with Crippen molar-refractivity contribution in [3.63, 3.8) is 0 Å². The van der Waals surface area contributed by atoms with Gasteiger partial charge < -0.3 is 15.1 Å². The van der Waals surface area contributed by atoms with Gasteiger partial charge in [-0.1, -0.05) is 0 Å². The molecule has 1 aliphatic carbocycles. The van der Waals surface area contributed by atoms with E-state index in [9.17, 15) is 5.11 Å².